The van der Waals surface area contributed by atoms with Crippen molar-refractivity contribution in [2.24, 2.45) is 0 Å². The van der Waals surface area contributed by atoms with Crippen molar-refractivity contribution in [3.8, 4) is 5.75 Å². The number of ether oxygens (including phenoxy) is 1. The molecule has 0 atom stereocenters. The molecule has 0 amide bonds. The molecule has 0 bridgehead atoms. The number of nitro groups is 1. The van der Waals surface area contributed by atoms with Crippen LogP contribution < -0.4 is 10.1 Å². The number of halogens is 2. The number of hydrogen-bond donors (Lipinski definition) is 1. The lowest BCUT2D eigenvalue weighted by Crippen LogP contribution is -2.10. The molecule has 1 N–H and O–H groups in total. The quantitative estimate of drug-likeness (QED) is 0.622. The topological polar surface area (TPSA) is 64.4 Å². The Labute approximate surface area is 90.2 Å². The van der Waals surface area contributed by atoms with Gasteiger partial charge in [0, 0.05) is 24.2 Å². The van der Waals surface area contributed by atoms with E-state index in [9.17, 15) is 18.9 Å². The number of nitro benzene ring substituents is 1. The van der Waals surface area contributed by atoms with E-state index < -0.39 is 11.5 Å². The van der Waals surface area contributed by atoms with Gasteiger partial charge >= 0.3 is 6.61 Å². The smallest absolute Gasteiger partial charge is 0.387 e. The first kappa shape index (κ1) is 12.3. The summed E-state index contributed by atoms with van der Waals surface area (Å²) >= 11 is 0. The molecule has 16 heavy (non-hydrogen) atoms. The van der Waals surface area contributed by atoms with Gasteiger partial charge in [-0.15, -0.1) is 0 Å². The Hall–Kier alpha value is -1.76. The molecule has 0 spiro atoms. The van der Waals surface area contributed by atoms with Gasteiger partial charge in [0.05, 0.1) is 4.92 Å². The molecule has 1 aromatic rings. The summed E-state index contributed by atoms with van der Waals surface area (Å²) in [4.78, 5) is 9.90. The highest BCUT2D eigenvalue weighted by Gasteiger charge is 2.14. The molecule has 1 aromatic carbocycles. The van der Waals surface area contributed by atoms with Crippen LogP contribution in [-0.2, 0) is 6.54 Å². The van der Waals surface area contributed by atoms with Gasteiger partial charge in [0.1, 0.15) is 5.75 Å². The molecule has 0 aliphatic carbocycles. The van der Waals surface area contributed by atoms with Crippen LogP contribution in [0.1, 0.15) is 5.56 Å². The molecule has 0 aromatic heterocycles. The van der Waals surface area contributed by atoms with Crippen LogP contribution in [0.5, 0.6) is 5.75 Å². The summed E-state index contributed by atoms with van der Waals surface area (Å²) in [5.41, 5.74) is 0.156. The predicted octanol–water partition coefficient (Wildman–Crippen LogP) is 1.92. The van der Waals surface area contributed by atoms with Gasteiger partial charge in [-0.2, -0.15) is 8.78 Å². The van der Waals surface area contributed by atoms with Gasteiger partial charge in [-0.25, -0.2) is 0 Å². The number of alkyl halides is 2. The molecule has 0 saturated heterocycles. The fourth-order valence-corrected chi connectivity index (χ4v) is 1.22. The summed E-state index contributed by atoms with van der Waals surface area (Å²) in [5, 5.41) is 13.2. The van der Waals surface area contributed by atoms with E-state index in [4.69, 9.17) is 0 Å². The Morgan fingerprint density at radius 1 is 1.56 bits per heavy atom. The van der Waals surface area contributed by atoms with Gasteiger partial charge in [0.2, 0.25) is 0 Å². The lowest BCUT2D eigenvalue weighted by atomic mass is 10.2. The van der Waals surface area contributed by atoms with E-state index in [2.05, 4.69) is 10.1 Å². The van der Waals surface area contributed by atoms with E-state index in [1.54, 1.807) is 7.05 Å². The molecule has 0 fully saturated rings. The third kappa shape index (κ3) is 3.13. The molecule has 0 saturated carbocycles. The summed E-state index contributed by atoms with van der Waals surface area (Å²) in [6, 6.07) is 3.49. The molecule has 0 heterocycles. The van der Waals surface area contributed by atoms with Crippen molar-refractivity contribution in [1.29, 1.82) is 0 Å². The fourth-order valence-electron chi connectivity index (χ4n) is 1.22. The first-order valence-electron chi connectivity index (χ1n) is 4.41. The summed E-state index contributed by atoms with van der Waals surface area (Å²) in [6.45, 7) is -2.74. The summed E-state index contributed by atoms with van der Waals surface area (Å²) in [6.07, 6.45) is 0. The minimum atomic E-state index is -2.95. The standard InChI is InChI=1S/C9H10F2N2O3/c1-12-5-6-4-7(13(14)15)2-3-8(6)16-9(10)11/h2-4,9,12H,5H2,1H3. The summed E-state index contributed by atoms with van der Waals surface area (Å²) < 4.78 is 28.3. The molecule has 0 aliphatic rings. The van der Waals surface area contributed by atoms with Crippen LogP contribution in [0.15, 0.2) is 18.2 Å². The average molecular weight is 232 g/mol. The molecular formula is C9H10F2N2O3. The first-order valence-corrected chi connectivity index (χ1v) is 4.41. The normalized spacial score (nSPS) is 10.5. The Kier molecular flexibility index (Phi) is 4.12. The number of nitrogens with zero attached hydrogens (tertiary/aromatic N) is 1. The monoisotopic (exact) mass is 232 g/mol. The van der Waals surface area contributed by atoms with Gasteiger partial charge in [-0.3, -0.25) is 10.1 Å². The molecular weight excluding hydrogens is 222 g/mol. The highest BCUT2D eigenvalue weighted by atomic mass is 19.3. The molecule has 1 rings (SSSR count). The molecule has 88 valence electrons. The van der Waals surface area contributed by atoms with Crippen molar-refractivity contribution >= 4 is 5.69 Å². The Bertz CT molecular complexity index is 385. The largest absolute Gasteiger partial charge is 0.434 e. The van der Waals surface area contributed by atoms with Crippen LogP contribution in [0, 0.1) is 10.1 Å². The minimum absolute atomic E-state index is 0.0602. The second-order valence-electron chi connectivity index (χ2n) is 2.96. The predicted molar refractivity (Wildman–Crippen MR) is 52.5 cm³/mol. The maximum absolute atomic E-state index is 12.0. The highest BCUT2D eigenvalue weighted by molar-refractivity contribution is 5.43. The van der Waals surface area contributed by atoms with E-state index in [0.717, 1.165) is 12.1 Å². The molecule has 0 radical (unpaired) electrons. The Morgan fingerprint density at radius 2 is 2.25 bits per heavy atom. The zero-order chi connectivity index (χ0) is 12.1. The summed E-state index contributed by atoms with van der Waals surface area (Å²) in [5.74, 6) is -0.0602. The zero-order valence-corrected chi connectivity index (χ0v) is 8.44. The second kappa shape index (κ2) is 5.36. The number of rotatable bonds is 5. The van der Waals surface area contributed by atoms with Crippen LogP contribution in [0.25, 0.3) is 0 Å². The van der Waals surface area contributed by atoms with E-state index in [1.807, 2.05) is 0 Å². The molecule has 0 aliphatic heterocycles. The maximum atomic E-state index is 12.0. The van der Waals surface area contributed by atoms with Crippen molar-refractivity contribution in [2.45, 2.75) is 13.2 Å². The van der Waals surface area contributed by atoms with Crippen LogP contribution in [-0.4, -0.2) is 18.6 Å². The SMILES string of the molecule is CNCc1cc([N+](=O)[O-])ccc1OC(F)F. The van der Waals surface area contributed by atoms with E-state index >= 15 is 0 Å². The minimum Gasteiger partial charge on any atom is -0.434 e. The van der Waals surface area contributed by atoms with Crippen LogP contribution in [0.3, 0.4) is 0 Å². The van der Waals surface area contributed by atoms with Crippen molar-refractivity contribution in [3.05, 3.63) is 33.9 Å². The first-order chi connectivity index (χ1) is 7.54. The number of non-ortho nitro benzene ring substituents is 1. The number of benzene rings is 1. The van der Waals surface area contributed by atoms with E-state index in [-0.39, 0.29) is 18.0 Å². The Morgan fingerprint density at radius 3 is 2.75 bits per heavy atom. The zero-order valence-electron chi connectivity index (χ0n) is 8.44. The Balaban J connectivity index is 3.03. The van der Waals surface area contributed by atoms with Gasteiger partial charge in [0.15, 0.2) is 0 Å². The van der Waals surface area contributed by atoms with Crippen molar-refractivity contribution in [2.75, 3.05) is 7.05 Å². The van der Waals surface area contributed by atoms with Gasteiger partial charge in [0.25, 0.3) is 5.69 Å². The average Bonchev–Trinajstić information content (AvgIpc) is 2.20. The number of nitrogens with one attached hydrogen (secondary N) is 1. The second-order valence-corrected chi connectivity index (χ2v) is 2.96. The van der Waals surface area contributed by atoms with Crippen LogP contribution in [0.2, 0.25) is 0 Å². The van der Waals surface area contributed by atoms with Crippen LogP contribution >= 0.6 is 0 Å². The molecule has 7 heteroatoms. The third-order valence-electron chi connectivity index (χ3n) is 1.84. The van der Waals surface area contributed by atoms with Gasteiger partial charge in [-0.05, 0) is 13.1 Å². The van der Waals surface area contributed by atoms with Crippen molar-refractivity contribution < 1.29 is 18.4 Å². The number of hydrogen-bond acceptors (Lipinski definition) is 4. The van der Waals surface area contributed by atoms with Crippen LogP contribution in [0.4, 0.5) is 14.5 Å². The van der Waals surface area contributed by atoms with Crippen molar-refractivity contribution in [3.63, 3.8) is 0 Å². The maximum Gasteiger partial charge on any atom is 0.387 e. The van der Waals surface area contributed by atoms with Gasteiger partial charge < -0.3 is 10.1 Å². The third-order valence-corrected chi connectivity index (χ3v) is 1.84. The van der Waals surface area contributed by atoms with Crippen molar-refractivity contribution in [1.82, 2.24) is 5.32 Å². The van der Waals surface area contributed by atoms with E-state index in [1.165, 1.54) is 6.07 Å². The molecule has 5 nitrogen and oxygen atoms in total. The summed E-state index contributed by atoms with van der Waals surface area (Å²) in [7, 11) is 1.60. The lowest BCUT2D eigenvalue weighted by molar-refractivity contribution is -0.385. The highest BCUT2D eigenvalue weighted by Crippen LogP contribution is 2.25. The lowest BCUT2D eigenvalue weighted by Gasteiger charge is -2.09. The fraction of sp³-hybridized carbons (Fsp3) is 0.333. The van der Waals surface area contributed by atoms with E-state index in [0.29, 0.717) is 5.56 Å². The molecule has 0 unspecified atom stereocenters. The van der Waals surface area contributed by atoms with Gasteiger partial charge in [-0.1, -0.05) is 0 Å².